The summed E-state index contributed by atoms with van der Waals surface area (Å²) in [6.45, 7) is -0.255. The minimum absolute atomic E-state index is 0.255. The Morgan fingerprint density at radius 3 is 2.67 bits per heavy atom. The number of thiazole rings is 1. The van der Waals surface area contributed by atoms with Crippen LogP contribution in [0.25, 0.3) is 11.3 Å². The lowest BCUT2D eigenvalue weighted by Crippen LogP contribution is -2.04. The van der Waals surface area contributed by atoms with Gasteiger partial charge in [-0.05, 0) is 28.1 Å². The van der Waals surface area contributed by atoms with Gasteiger partial charge in [0.2, 0.25) is 0 Å². The van der Waals surface area contributed by atoms with Crippen molar-refractivity contribution < 1.29 is 18.3 Å². The fourth-order valence-corrected chi connectivity index (χ4v) is 2.93. The van der Waals surface area contributed by atoms with Crippen LogP contribution < -0.4 is 0 Å². The first-order chi connectivity index (χ1) is 8.41. The summed E-state index contributed by atoms with van der Waals surface area (Å²) in [5.74, 6) is 0. The molecule has 0 amide bonds. The Bertz CT molecular complexity index is 568. The molecule has 0 unspecified atom stereocenters. The van der Waals surface area contributed by atoms with Crippen molar-refractivity contribution in [3.05, 3.63) is 38.6 Å². The molecule has 0 aliphatic carbocycles. The van der Waals surface area contributed by atoms with Gasteiger partial charge < -0.3 is 5.11 Å². The zero-order valence-electron chi connectivity index (χ0n) is 8.83. The van der Waals surface area contributed by atoms with E-state index in [2.05, 4.69) is 20.9 Å². The van der Waals surface area contributed by atoms with Crippen molar-refractivity contribution in [3.8, 4) is 11.3 Å². The van der Waals surface area contributed by atoms with E-state index < -0.39 is 11.7 Å². The van der Waals surface area contributed by atoms with Gasteiger partial charge >= 0.3 is 6.18 Å². The second-order valence-corrected chi connectivity index (χ2v) is 5.83. The monoisotopic (exact) mass is 337 g/mol. The third-order valence-electron chi connectivity index (χ3n) is 2.28. The fraction of sp³-hybridized carbons (Fsp3) is 0.182. The van der Waals surface area contributed by atoms with Gasteiger partial charge in [-0.3, -0.25) is 0 Å². The Kier molecular flexibility index (Phi) is 3.74. The molecule has 2 aromatic rings. The average Bonchev–Trinajstić information content (AvgIpc) is 2.69. The van der Waals surface area contributed by atoms with Gasteiger partial charge in [-0.2, -0.15) is 13.2 Å². The number of aliphatic hydroxyl groups excluding tert-OH is 1. The minimum atomic E-state index is -4.39. The van der Waals surface area contributed by atoms with Crippen LogP contribution in [0.15, 0.2) is 28.2 Å². The first-order valence-electron chi connectivity index (χ1n) is 4.85. The van der Waals surface area contributed by atoms with E-state index in [0.717, 1.165) is 12.1 Å². The molecule has 1 heterocycles. The molecule has 0 spiro atoms. The number of hydrogen-bond acceptors (Lipinski definition) is 3. The lowest BCUT2D eigenvalue weighted by atomic mass is 10.1. The van der Waals surface area contributed by atoms with Crippen LogP contribution >= 0.6 is 27.3 Å². The summed E-state index contributed by atoms with van der Waals surface area (Å²) >= 11 is 4.35. The quantitative estimate of drug-likeness (QED) is 0.895. The van der Waals surface area contributed by atoms with Gasteiger partial charge in [0.1, 0.15) is 0 Å². The van der Waals surface area contributed by atoms with Crippen LogP contribution in [-0.4, -0.2) is 10.1 Å². The number of nitrogens with zero attached hydrogens (tertiary/aromatic N) is 1. The number of rotatable bonds is 2. The highest BCUT2D eigenvalue weighted by molar-refractivity contribution is 9.11. The number of hydrogen-bond donors (Lipinski definition) is 1. The van der Waals surface area contributed by atoms with Gasteiger partial charge in [-0.15, -0.1) is 11.3 Å². The van der Waals surface area contributed by atoms with Crippen molar-refractivity contribution in [2.75, 3.05) is 0 Å². The molecule has 2 rings (SSSR count). The van der Waals surface area contributed by atoms with E-state index in [1.165, 1.54) is 23.5 Å². The van der Waals surface area contributed by atoms with Crippen molar-refractivity contribution >= 4 is 27.3 Å². The summed E-state index contributed by atoms with van der Waals surface area (Å²) in [4.78, 5) is 4.61. The van der Waals surface area contributed by atoms with E-state index >= 15 is 0 Å². The van der Waals surface area contributed by atoms with Crippen molar-refractivity contribution in [2.45, 2.75) is 12.8 Å². The first-order valence-corrected chi connectivity index (χ1v) is 6.46. The van der Waals surface area contributed by atoms with E-state index in [-0.39, 0.29) is 6.61 Å². The summed E-state index contributed by atoms with van der Waals surface area (Å²) in [6.07, 6.45) is -4.39. The molecular formula is C11H7BrF3NOS. The number of halogens is 4. The van der Waals surface area contributed by atoms with E-state index in [4.69, 9.17) is 5.11 Å². The molecule has 96 valence electrons. The lowest BCUT2D eigenvalue weighted by Gasteiger charge is -2.08. The second-order valence-electron chi connectivity index (χ2n) is 3.48. The molecular weight excluding hydrogens is 331 g/mol. The summed E-state index contributed by atoms with van der Waals surface area (Å²) in [6, 6.07) is 4.90. The molecule has 0 radical (unpaired) electrons. The minimum Gasteiger partial charge on any atom is -0.391 e. The Balaban J connectivity index is 2.51. The highest BCUT2D eigenvalue weighted by Crippen LogP contribution is 2.35. The van der Waals surface area contributed by atoms with Gasteiger partial charge in [0.15, 0.2) is 3.92 Å². The predicted octanol–water partition coefficient (Wildman–Crippen LogP) is 4.08. The maximum Gasteiger partial charge on any atom is 0.416 e. The predicted molar refractivity (Wildman–Crippen MR) is 66.2 cm³/mol. The Hall–Kier alpha value is -0.920. The average molecular weight is 338 g/mol. The number of alkyl halides is 3. The zero-order valence-corrected chi connectivity index (χ0v) is 11.2. The molecule has 7 heteroatoms. The highest BCUT2D eigenvalue weighted by atomic mass is 79.9. The van der Waals surface area contributed by atoms with Crippen LogP contribution in [-0.2, 0) is 12.8 Å². The molecule has 1 N–H and O–H groups in total. The maximum atomic E-state index is 12.6. The zero-order chi connectivity index (χ0) is 13.3. The molecule has 0 saturated carbocycles. The standard InChI is InChI=1S/C11H7BrF3NOS/c12-10-16-9(8(5-17)18-10)6-2-1-3-7(4-6)11(13,14)15/h1-4,17H,5H2. The summed E-state index contributed by atoms with van der Waals surface area (Å²) in [7, 11) is 0. The molecule has 1 aromatic heterocycles. The van der Waals surface area contributed by atoms with Crippen LogP contribution in [0.3, 0.4) is 0 Å². The van der Waals surface area contributed by atoms with E-state index in [1.54, 1.807) is 0 Å². The normalized spacial score (nSPS) is 11.8. The SMILES string of the molecule is OCc1sc(Br)nc1-c1cccc(C(F)(F)F)c1. The fourth-order valence-electron chi connectivity index (χ4n) is 1.50. The second kappa shape index (κ2) is 4.99. The summed E-state index contributed by atoms with van der Waals surface area (Å²) < 4.78 is 38.3. The lowest BCUT2D eigenvalue weighted by molar-refractivity contribution is -0.137. The molecule has 2 nitrogen and oxygen atoms in total. The smallest absolute Gasteiger partial charge is 0.391 e. The Morgan fingerprint density at radius 1 is 1.33 bits per heavy atom. The third kappa shape index (κ3) is 2.73. The van der Waals surface area contributed by atoms with Crippen LogP contribution in [0, 0.1) is 0 Å². The first kappa shape index (κ1) is 13.5. The van der Waals surface area contributed by atoms with Crippen molar-refractivity contribution in [3.63, 3.8) is 0 Å². The number of aromatic nitrogens is 1. The van der Waals surface area contributed by atoms with Gasteiger partial charge in [-0.1, -0.05) is 12.1 Å². The molecule has 0 fully saturated rings. The van der Waals surface area contributed by atoms with Gasteiger partial charge in [0.25, 0.3) is 0 Å². The molecule has 18 heavy (non-hydrogen) atoms. The summed E-state index contributed by atoms with van der Waals surface area (Å²) in [5.41, 5.74) is -0.00990. The highest BCUT2D eigenvalue weighted by Gasteiger charge is 2.30. The van der Waals surface area contributed by atoms with Crippen LogP contribution in [0.5, 0.6) is 0 Å². The largest absolute Gasteiger partial charge is 0.416 e. The van der Waals surface area contributed by atoms with E-state index in [0.29, 0.717) is 20.1 Å². The van der Waals surface area contributed by atoms with Crippen molar-refractivity contribution in [2.24, 2.45) is 0 Å². The Morgan fingerprint density at radius 2 is 2.06 bits per heavy atom. The third-order valence-corrected chi connectivity index (χ3v) is 3.77. The van der Waals surface area contributed by atoms with Gasteiger partial charge in [-0.25, -0.2) is 4.98 Å². The van der Waals surface area contributed by atoms with E-state index in [9.17, 15) is 13.2 Å². The Labute approximate surface area is 113 Å². The molecule has 0 saturated heterocycles. The molecule has 0 aliphatic heterocycles. The number of benzene rings is 1. The molecule has 0 bridgehead atoms. The van der Waals surface area contributed by atoms with Gasteiger partial charge in [0, 0.05) is 5.56 Å². The van der Waals surface area contributed by atoms with Gasteiger partial charge in [0.05, 0.1) is 22.7 Å². The molecule has 0 atom stereocenters. The summed E-state index contributed by atoms with van der Waals surface area (Å²) in [5, 5.41) is 9.15. The molecule has 1 aromatic carbocycles. The maximum absolute atomic E-state index is 12.6. The van der Waals surface area contributed by atoms with Crippen molar-refractivity contribution in [1.82, 2.24) is 4.98 Å². The van der Waals surface area contributed by atoms with Crippen LogP contribution in [0.1, 0.15) is 10.4 Å². The van der Waals surface area contributed by atoms with E-state index in [1.807, 2.05) is 0 Å². The molecule has 0 aliphatic rings. The van der Waals surface area contributed by atoms with Crippen LogP contribution in [0.2, 0.25) is 0 Å². The number of aliphatic hydroxyl groups is 1. The topological polar surface area (TPSA) is 33.1 Å². The van der Waals surface area contributed by atoms with Crippen molar-refractivity contribution in [1.29, 1.82) is 0 Å². The van der Waals surface area contributed by atoms with Crippen LogP contribution in [0.4, 0.5) is 13.2 Å².